The van der Waals surface area contributed by atoms with Crippen molar-refractivity contribution in [2.24, 2.45) is 16.6 Å². The lowest BCUT2D eigenvalue weighted by Gasteiger charge is -2.41. The van der Waals surface area contributed by atoms with Crippen LogP contribution in [-0.2, 0) is 9.53 Å². The van der Waals surface area contributed by atoms with Gasteiger partial charge in [0.15, 0.2) is 28.8 Å². The van der Waals surface area contributed by atoms with Crippen molar-refractivity contribution in [1.29, 1.82) is 0 Å². The first-order valence-electron chi connectivity index (χ1n) is 12.3. The van der Waals surface area contributed by atoms with Crippen molar-refractivity contribution in [3.8, 4) is 23.0 Å². The Morgan fingerprint density at radius 2 is 1.24 bits per heavy atom. The number of phenols is 4. The maximum atomic E-state index is 9.60. The Morgan fingerprint density at radius 1 is 0.902 bits per heavy atom. The van der Waals surface area contributed by atoms with Crippen LogP contribution in [0.3, 0.4) is 0 Å². The Labute approximate surface area is 240 Å². The molecule has 0 saturated carbocycles. The molecule has 0 fully saturated rings. The number of hydrogen-bond donors (Lipinski definition) is 8. The molecule has 0 aliphatic heterocycles. The van der Waals surface area contributed by atoms with Gasteiger partial charge in [-0.3, -0.25) is 0 Å². The number of benzene rings is 2. The van der Waals surface area contributed by atoms with E-state index in [1.807, 2.05) is 6.08 Å². The van der Waals surface area contributed by atoms with Crippen LogP contribution in [0.25, 0.3) is 0 Å². The quantitative estimate of drug-likeness (QED) is 0.148. The lowest BCUT2D eigenvalue weighted by molar-refractivity contribution is -0.132. The number of carboxylic acids is 1. The largest absolute Gasteiger partial charge is 0.508 e. The van der Waals surface area contributed by atoms with Crippen LogP contribution >= 0.6 is 0 Å². The number of phenolic OH excluding ortho intramolecular Hbond substituents is 4. The average Bonchev–Trinajstić information content (AvgIpc) is 2.86. The molecule has 1 aliphatic carbocycles. The fourth-order valence-electron chi connectivity index (χ4n) is 2.44. The average molecular weight is 578 g/mol. The fraction of sp³-hybridized carbons (Fsp3) is 0.333. The zero-order valence-corrected chi connectivity index (χ0v) is 24.3. The summed E-state index contributed by atoms with van der Waals surface area (Å²) in [5, 5.41) is 61.2. The minimum atomic E-state index is -0.935. The van der Waals surface area contributed by atoms with Gasteiger partial charge in [-0.05, 0) is 55.0 Å². The number of carboxylic acid groups (broad SMARTS) is 1. The molecule has 0 heterocycles. The first-order chi connectivity index (χ1) is 18.8. The van der Waals surface area contributed by atoms with E-state index >= 15 is 0 Å². The second-order valence-electron chi connectivity index (χ2n) is 9.82. The number of nitrogens with two attached hydrogens (primary N) is 1. The van der Waals surface area contributed by atoms with E-state index in [-0.39, 0.29) is 50.9 Å². The first-order valence-corrected chi connectivity index (χ1v) is 12.3. The van der Waals surface area contributed by atoms with Crippen molar-refractivity contribution in [2.45, 2.75) is 48.0 Å². The van der Waals surface area contributed by atoms with Gasteiger partial charge in [0, 0.05) is 12.0 Å². The van der Waals surface area contributed by atoms with E-state index in [9.17, 15) is 19.8 Å². The van der Waals surface area contributed by atoms with Gasteiger partial charge >= 0.3 is 12.1 Å². The number of para-hydroxylation sites is 4. The van der Waals surface area contributed by atoms with Gasteiger partial charge in [-0.2, -0.15) is 0 Å². The van der Waals surface area contributed by atoms with Crippen molar-refractivity contribution in [3.63, 3.8) is 0 Å². The van der Waals surface area contributed by atoms with Gasteiger partial charge in [0.25, 0.3) is 0 Å². The number of carbonyl (C=O) groups excluding carboxylic acids is 1. The van der Waals surface area contributed by atoms with Gasteiger partial charge in [0.05, 0.1) is 6.61 Å². The molecular weight excluding hydrogens is 534 g/mol. The van der Waals surface area contributed by atoms with Crippen LogP contribution in [0.2, 0.25) is 0 Å². The van der Waals surface area contributed by atoms with Gasteiger partial charge in [-0.1, -0.05) is 64.6 Å². The number of carbonyl (C=O) groups is 2. The zero-order chi connectivity index (χ0) is 32.4. The van der Waals surface area contributed by atoms with Crippen molar-refractivity contribution < 1.29 is 50.1 Å². The van der Waals surface area contributed by atoms with Gasteiger partial charge in [0.2, 0.25) is 0 Å². The second-order valence-corrected chi connectivity index (χ2v) is 9.82. The van der Waals surface area contributed by atoms with Crippen LogP contribution in [0.1, 0.15) is 48.0 Å². The summed E-state index contributed by atoms with van der Waals surface area (Å²) in [4.78, 5) is 19.2. The first kappa shape index (κ1) is 38.3. The summed E-state index contributed by atoms with van der Waals surface area (Å²) in [6.45, 7) is 15.1. The summed E-state index contributed by atoms with van der Waals surface area (Å²) < 4.78 is 4.18. The van der Waals surface area contributed by atoms with Crippen LogP contribution < -0.4 is 5.73 Å². The smallest absolute Gasteiger partial charge is 0.404 e. The maximum absolute atomic E-state index is 9.60. The van der Waals surface area contributed by atoms with Crippen LogP contribution in [0.5, 0.6) is 23.0 Å². The molecule has 11 nitrogen and oxygen atoms in total. The van der Waals surface area contributed by atoms with E-state index in [0.29, 0.717) is 13.0 Å². The van der Waals surface area contributed by atoms with Crippen molar-refractivity contribution in [3.05, 3.63) is 84.4 Å². The van der Waals surface area contributed by atoms with E-state index in [4.69, 9.17) is 25.5 Å². The fourth-order valence-corrected chi connectivity index (χ4v) is 2.44. The van der Waals surface area contributed by atoms with E-state index < -0.39 is 12.1 Å². The van der Waals surface area contributed by atoms with Crippen molar-refractivity contribution in [2.75, 3.05) is 6.61 Å². The summed E-state index contributed by atoms with van der Waals surface area (Å²) in [5.74, 6) is -1.14. The normalized spacial score (nSPS) is 15.1. The highest BCUT2D eigenvalue weighted by Crippen LogP contribution is 2.46. The van der Waals surface area contributed by atoms with Crippen molar-refractivity contribution in [1.82, 2.24) is 0 Å². The highest BCUT2D eigenvalue weighted by Gasteiger charge is 2.38. The molecule has 3 rings (SSSR count). The molecule has 1 atom stereocenters. The molecule has 9 N–H and O–H groups in total. The summed E-state index contributed by atoms with van der Waals surface area (Å²) >= 11 is 0. The molecular formula is C30H43NO10. The number of aliphatic hydroxyl groups is 2. The number of aromatic hydroxyl groups is 4. The van der Waals surface area contributed by atoms with Gasteiger partial charge in [-0.15, -0.1) is 0 Å². The Bertz CT molecular complexity index is 1080. The molecule has 0 bridgehead atoms. The van der Waals surface area contributed by atoms with E-state index in [0.717, 1.165) is 0 Å². The monoisotopic (exact) mass is 577 g/mol. The Hall–Kier alpha value is -4.80. The van der Waals surface area contributed by atoms with Crippen LogP contribution in [-0.4, -0.2) is 54.4 Å². The van der Waals surface area contributed by atoms with E-state index in [1.165, 1.54) is 31.2 Å². The molecule has 0 radical (unpaired) electrons. The molecule has 2 aromatic rings. The van der Waals surface area contributed by atoms with E-state index in [1.54, 1.807) is 37.3 Å². The number of aliphatic hydroxyl groups excluding tert-OH is 2. The SMILES string of the molecule is C=C(C)C(=O)O.CC(C)(C)C1(C)C=CC(O)=C(O)C1.CCOC(N)=O.Oc1ccccc1O.Oc1ccccc1O. The number of aliphatic carboxylic acids is 1. The lowest BCUT2D eigenvalue weighted by atomic mass is 9.64. The molecule has 2 aromatic carbocycles. The number of rotatable bonds is 2. The van der Waals surface area contributed by atoms with Gasteiger partial charge in [-0.25, -0.2) is 9.59 Å². The molecule has 1 amide bonds. The molecule has 1 aliphatic rings. The Morgan fingerprint density at radius 3 is 1.41 bits per heavy atom. The van der Waals surface area contributed by atoms with Crippen molar-refractivity contribution >= 4 is 12.1 Å². The third kappa shape index (κ3) is 16.7. The molecule has 0 aromatic heterocycles. The second kappa shape index (κ2) is 18.5. The van der Waals surface area contributed by atoms with Gasteiger partial charge < -0.3 is 46.2 Å². The summed E-state index contributed by atoms with van der Waals surface area (Å²) in [6.07, 6.45) is 3.36. The third-order valence-corrected chi connectivity index (χ3v) is 5.57. The standard InChI is InChI=1S/C11H18O2.2C6H6O2.C4H6O2.C3H7NO2/c1-10(2,3)11(4)6-5-8(12)9(13)7-11;2*7-5-3-1-2-4-6(5)8;1-3(2)4(5)6;1-2-6-3(4)5/h5-6,12-13H,7H2,1-4H3;2*1-4,7-8H;1H2,2H3,(H,5,6);2H2,1H3,(H2,4,5). The van der Waals surface area contributed by atoms with Crippen LogP contribution in [0, 0.1) is 10.8 Å². The Kier molecular flexibility index (Phi) is 17.3. The molecule has 228 valence electrons. The number of ether oxygens (including phenoxy) is 1. The lowest BCUT2D eigenvalue weighted by Crippen LogP contribution is -2.32. The highest BCUT2D eigenvalue weighted by molar-refractivity contribution is 5.84. The highest BCUT2D eigenvalue weighted by atomic mass is 16.5. The minimum Gasteiger partial charge on any atom is -0.508 e. The minimum absolute atomic E-state index is 0.00160. The molecule has 1 unspecified atom stereocenters. The van der Waals surface area contributed by atoms with Crippen LogP contribution in [0.4, 0.5) is 4.79 Å². The van der Waals surface area contributed by atoms with Gasteiger partial charge in [0.1, 0.15) is 5.76 Å². The predicted molar refractivity (Wildman–Crippen MR) is 157 cm³/mol. The van der Waals surface area contributed by atoms with E-state index in [2.05, 4.69) is 44.7 Å². The maximum Gasteiger partial charge on any atom is 0.404 e. The molecule has 0 saturated heterocycles. The summed E-state index contributed by atoms with van der Waals surface area (Å²) in [5.41, 5.74) is 4.72. The molecule has 0 spiro atoms. The predicted octanol–water partition coefficient (Wildman–Crippen LogP) is 6.27. The molecule has 41 heavy (non-hydrogen) atoms. The third-order valence-electron chi connectivity index (χ3n) is 5.57. The number of amides is 1. The molecule has 11 heteroatoms. The topological polar surface area (TPSA) is 211 Å². The number of hydrogen-bond acceptors (Lipinski definition) is 9. The zero-order valence-electron chi connectivity index (χ0n) is 24.3. The summed E-state index contributed by atoms with van der Waals surface area (Å²) in [6, 6.07) is 12.3. The Balaban J connectivity index is 0. The number of primary amides is 1. The van der Waals surface area contributed by atoms with Crippen LogP contribution in [0.15, 0.2) is 84.4 Å². The number of allylic oxidation sites excluding steroid dienone is 3. The summed E-state index contributed by atoms with van der Waals surface area (Å²) in [7, 11) is 0.